The fraction of sp³-hybridized carbons (Fsp3) is 0.429. The molecule has 4 N–H and O–H groups in total. The Balaban J connectivity index is 0.000000291. The summed E-state index contributed by atoms with van der Waals surface area (Å²) in [6.45, 7) is 5.86. The predicted molar refractivity (Wildman–Crippen MR) is 126 cm³/mol. The van der Waals surface area contributed by atoms with Crippen LogP contribution in [0.25, 0.3) is 27.9 Å². The van der Waals surface area contributed by atoms with E-state index < -0.39 is 19.1 Å². The lowest BCUT2D eigenvalue weighted by Gasteiger charge is -2.08. The molecule has 0 amide bonds. The highest BCUT2D eigenvalue weighted by molar-refractivity contribution is 6.32. The normalized spacial score (nSPS) is 16.5. The van der Waals surface area contributed by atoms with Gasteiger partial charge in [0.05, 0.1) is 12.2 Å². The van der Waals surface area contributed by atoms with Crippen LogP contribution >= 0.6 is 0 Å². The van der Waals surface area contributed by atoms with Crippen molar-refractivity contribution in [2.45, 2.75) is 39.4 Å². The Morgan fingerprint density at radius 2 is 1.97 bits per heavy atom. The van der Waals surface area contributed by atoms with Crippen LogP contribution in [0.2, 0.25) is 0 Å². The summed E-state index contributed by atoms with van der Waals surface area (Å²) in [5.74, 6) is 0.586. The van der Waals surface area contributed by atoms with Crippen LogP contribution in [0, 0.1) is 6.92 Å². The van der Waals surface area contributed by atoms with Gasteiger partial charge in [0.1, 0.15) is 30.9 Å². The van der Waals surface area contributed by atoms with Gasteiger partial charge in [-0.25, -0.2) is 27.7 Å². The molecule has 0 spiro atoms. The van der Waals surface area contributed by atoms with Gasteiger partial charge in [0.25, 0.3) is 6.43 Å². The van der Waals surface area contributed by atoms with Crippen LogP contribution in [0.15, 0.2) is 18.2 Å². The number of nitrogens with two attached hydrogens (primary N) is 2. The molecule has 5 rings (SSSR count). The highest BCUT2D eigenvalue weighted by atomic mass is 19.3. The molecule has 1 atom stereocenters. The first-order chi connectivity index (χ1) is 16.2. The summed E-state index contributed by atoms with van der Waals surface area (Å²) in [5, 5.41) is 4.04. The second kappa shape index (κ2) is 9.49. The molecule has 5 heterocycles. The fourth-order valence-corrected chi connectivity index (χ4v) is 4.07. The summed E-state index contributed by atoms with van der Waals surface area (Å²) in [5.41, 5.74) is 14.3. The SMILES string of the molecule is CCN1CC[C@@H](F)C1.[B]c1cc(-c2ccc3nc(C)n(CC(F)F)c3n2)c2c(N)nc(N)nn12. The molecular weight excluding hydrogens is 446 g/mol. The molecule has 0 bridgehead atoms. The van der Waals surface area contributed by atoms with Crippen LogP contribution in [-0.4, -0.2) is 74.1 Å². The molecule has 1 fully saturated rings. The average Bonchev–Trinajstić information content (AvgIpc) is 3.44. The maximum absolute atomic E-state index is 12.9. The van der Waals surface area contributed by atoms with Crippen LogP contribution < -0.4 is 17.1 Å². The Bertz CT molecular complexity index is 1320. The minimum atomic E-state index is -2.52. The van der Waals surface area contributed by atoms with Gasteiger partial charge in [-0.1, -0.05) is 6.92 Å². The summed E-state index contributed by atoms with van der Waals surface area (Å²) in [6, 6.07) is 5.06. The first-order valence-electron chi connectivity index (χ1n) is 10.9. The number of aryl methyl sites for hydroxylation is 1. The van der Waals surface area contributed by atoms with Gasteiger partial charge in [-0.05, 0) is 43.7 Å². The van der Waals surface area contributed by atoms with Crippen LogP contribution in [-0.2, 0) is 6.54 Å². The van der Waals surface area contributed by atoms with E-state index in [9.17, 15) is 13.2 Å². The van der Waals surface area contributed by atoms with Crippen LogP contribution in [0.4, 0.5) is 24.9 Å². The zero-order valence-electron chi connectivity index (χ0n) is 18.9. The minimum absolute atomic E-state index is 0.0158. The molecule has 4 aromatic rings. The van der Waals surface area contributed by atoms with E-state index in [2.05, 4.69) is 31.9 Å². The van der Waals surface area contributed by atoms with E-state index in [0.717, 1.165) is 19.5 Å². The molecule has 1 aliphatic rings. The summed E-state index contributed by atoms with van der Waals surface area (Å²) in [7, 11) is 5.98. The molecule has 178 valence electrons. The first kappa shape index (κ1) is 23.8. The molecule has 0 saturated carbocycles. The van der Waals surface area contributed by atoms with E-state index in [4.69, 9.17) is 19.3 Å². The number of nitrogen functional groups attached to an aromatic ring is 2. The van der Waals surface area contributed by atoms with Gasteiger partial charge in [0, 0.05) is 18.7 Å². The number of likely N-dealkylation sites (tertiary alicyclic amines) is 1. The molecule has 0 aliphatic carbocycles. The molecule has 13 heteroatoms. The third-order valence-electron chi connectivity index (χ3n) is 5.73. The van der Waals surface area contributed by atoms with E-state index in [1.807, 2.05) is 0 Å². The van der Waals surface area contributed by atoms with Crippen molar-refractivity contribution in [2.24, 2.45) is 0 Å². The summed E-state index contributed by atoms with van der Waals surface area (Å²) < 4.78 is 40.9. The van der Waals surface area contributed by atoms with Crippen molar-refractivity contribution in [3.63, 3.8) is 0 Å². The summed E-state index contributed by atoms with van der Waals surface area (Å²) in [6.07, 6.45) is -2.32. The number of rotatable bonds is 4. The number of pyridine rings is 1. The van der Waals surface area contributed by atoms with Gasteiger partial charge in [-0.3, -0.25) is 0 Å². The minimum Gasteiger partial charge on any atom is -0.382 e. The number of fused-ring (bicyclic) bond motifs is 2. The zero-order chi connectivity index (χ0) is 24.6. The zero-order valence-corrected chi connectivity index (χ0v) is 18.9. The number of hydrogen-bond acceptors (Lipinski definition) is 7. The van der Waals surface area contributed by atoms with Crippen molar-refractivity contribution in [1.29, 1.82) is 0 Å². The van der Waals surface area contributed by atoms with Crippen LogP contribution in [0.5, 0.6) is 0 Å². The molecule has 0 aromatic carbocycles. The van der Waals surface area contributed by atoms with Crippen molar-refractivity contribution >= 4 is 41.9 Å². The van der Waals surface area contributed by atoms with Crippen LogP contribution in [0.1, 0.15) is 19.2 Å². The van der Waals surface area contributed by atoms with E-state index in [0.29, 0.717) is 45.9 Å². The van der Waals surface area contributed by atoms with Gasteiger partial charge in [-0.15, -0.1) is 5.10 Å². The third kappa shape index (κ3) is 4.65. The van der Waals surface area contributed by atoms with Gasteiger partial charge < -0.3 is 20.9 Å². The maximum Gasteiger partial charge on any atom is 0.256 e. The van der Waals surface area contributed by atoms with E-state index in [1.54, 1.807) is 25.1 Å². The van der Waals surface area contributed by atoms with Crippen molar-refractivity contribution in [3.05, 3.63) is 24.0 Å². The van der Waals surface area contributed by atoms with E-state index in [1.165, 1.54) is 9.08 Å². The van der Waals surface area contributed by atoms with Crippen molar-refractivity contribution in [2.75, 3.05) is 31.1 Å². The lowest BCUT2D eigenvalue weighted by atomic mass is 10.0. The second-order valence-corrected chi connectivity index (χ2v) is 8.08. The fourth-order valence-electron chi connectivity index (χ4n) is 4.07. The second-order valence-electron chi connectivity index (χ2n) is 8.08. The largest absolute Gasteiger partial charge is 0.382 e. The Labute approximate surface area is 195 Å². The molecular formula is C21H25BF3N9. The number of nitrogens with zero attached hydrogens (tertiary/aromatic N) is 7. The summed E-state index contributed by atoms with van der Waals surface area (Å²) >= 11 is 0. The smallest absolute Gasteiger partial charge is 0.256 e. The van der Waals surface area contributed by atoms with Gasteiger partial charge in [-0.2, -0.15) is 4.98 Å². The van der Waals surface area contributed by atoms with Crippen molar-refractivity contribution in [3.8, 4) is 11.3 Å². The number of halogens is 3. The van der Waals surface area contributed by atoms with Crippen molar-refractivity contribution in [1.82, 2.24) is 34.0 Å². The molecule has 1 saturated heterocycles. The third-order valence-corrected chi connectivity index (χ3v) is 5.73. The lowest BCUT2D eigenvalue weighted by Crippen LogP contribution is -2.19. The Hall–Kier alpha value is -3.35. The van der Waals surface area contributed by atoms with Crippen LogP contribution in [0.3, 0.4) is 0 Å². The van der Waals surface area contributed by atoms with Crippen molar-refractivity contribution < 1.29 is 13.2 Å². The molecule has 34 heavy (non-hydrogen) atoms. The van der Waals surface area contributed by atoms with Gasteiger partial charge >= 0.3 is 0 Å². The number of imidazole rings is 1. The standard InChI is InChI=1S/C15H13BF2N8.C6H12FN/c1-6-21-9-3-2-8(22-14(9)25(6)5-11(17)18)7-4-10(16)26-12(7)13(19)23-15(20)24-26;1-2-8-4-3-6(7)5-8/h2-4,11H,5H2,1H3,(H4,19,20,23,24);6H,2-5H2,1H3/t;6-/m.1/s1. The Kier molecular flexibility index (Phi) is 6.64. The Morgan fingerprint density at radius 1 is 1.21 bits per heavy atom. The number of alkyl halides is 3. The van der Waals surface area contributed by atoms with Gasteiger partial charge in [0.2, 0.25) is 5.95 Å². The number of anilines is 2. The molecule has 1 aliphatic heterocycles. The molecule has 4 aromatic heterocycles. The average molecular weight is 471 g/mol. The summed E-state index contributed by atoms with van der Waals surface area (Å²) in [4.78, 5) is 14.8. The predicted octanol–water partition coefficient (Wildman–Crippen LogP) is 1.72. The van der Waals surface area contributed by atoms with Gasteiger partial charge in [0.15, 0.2) is 11.5 Å². The number of hydrogen-bond donors (Lipinski definition) is 2. The number of aromatic nitrogens is 6. The molecule has 2 radical (unpaired) electrons. The maximum atomic E-state index is 12.9. The van der Waals surface area contributed by atoms with E-state index >= 15 is 0 Å². The molecule has 0 unspecified atom stereocenters. The highest BCUT2D eigenvalue weighted by Gasteiger charge is 2.20. The topological polar surface area (TPSA) is 116 Å². The van der Waals surface area contributed by atoms with E-state index in [-0.39, 0.29) is 11.8 Å². The highest BCUT2D eigenvalue weighted by Crippen LogP contribution is 2.28. The lowest BCUT2D eigenvalue weighted by molar-refractivity contribution is 0.127. The first-order valence-corrected chi connectivity index (χ1v) is 10.9. The Morgan fingerprint density at radius 3 is 2.59 bits per heavy atom. The molecule has 9 nitrogen and oxygen atoms in total. The quantitative estimate of drug-likeness (QED) is 0.436. The monoisotopic (exact) mass is 471 g/mol.